The summed E-state index contributed by atoms with van der Waals surface area (Å²) in [5, 5.41) is 9.52. The maximum atomic E-state index is 9.52. The molecule has 0 fully saturated rings. The molecule has 0 amide bonds. The van der Waals surface area contributed by atoms with Gasteiger partial charge in [0.1, 0.15) is 17.7 Å². The number of nitrogens with zero attached hydrogens (tertiary/aromatic N) is 2. The molecule has 0 saturated heterocycles. The minimum Gasteiger partial charge on any atom is -0.497 e. The monoisotopic (exact) mass is 206 g/mol. The smallest absolute Gasteiger partial charge is 0.138 e. The third kappa shape index (κ3) is 1.57. The zero-order chi connectivity index (χ0) is 11.0. The molecule has 0 aliphatic rings. The molecule has 4 nitrogen and oxygen atoms in total. The second kappa shape index (κ2) is 3.55. The number of fused-ring (bicyclic) bond motifs is 1. The van der Waals surface area contributed by atoms with Gasteiger partial charge in [-0.15, -0.1) is 0 Å². The zero-order valence-corrected chi connectivity index (χ0v) is 9.06. The van der Waals surface area contributed by atoms with Crippen LogP contribution in [-0.2, 0) is 7.05 Å². The van der Waals surface area contributed by atoms with Crippen molar-refractivity contribution in [2.24, 2.45) is 7.05 Å². The van der Waals surface area contributed by atoms with Gasteiger partial charge < -0.3 is 14.4 Å². The number of hydrogen-bond donors (Lipinski definition) is 1. The molecule has 0 bridgehead atoms. The Balaban J connectivity index is 2.65. The van der Waals surface area contributed by atoms with Crippen molar-refractivity contribution in [3.05, 3.63) is 24.0 Å². The van der Waals surface area contributed by atoms with Crippen LogP contribution in [0.1, 0.15) is 18.9 Å². The standard InChI is InChI=1S/C11H14N2O2/c1-7(14)11-12-9-6-8(15-3)4-5-10(9)13(11)2/h4-7,14H,1-3H3. The third-order valence-electron chi connectivity index (χ3n) is 2.50. The number of rotatable bonds is 2. The van der Waals surface area contributed by atoms with E-state index in [1.807, 2.05) is 29.8 Å². The Morgan fingerprint density at radius 1 is 1.47 bits per heavy atom. The molecule has 1 aromatic carbocycles. The molecule has 80 valence electrons. The lowest BCUT2D eigenvalue weighted by Crippen LogP contribution is -2.01. The van der Waals surface area contributed by atoms with E-state index in [1.165, 1.54) is 0 Å². The number of methoxy groups -OCH3 is 1. The number of aryl methyl sites for hydroxylation is 1. The van der Waals surface area contributed by atoms with Crippen molar-refractivity contribution in [3.8, 4) is 5.75 Å². The van der Waals surface area contributed by atoms with Crippen molar-refractivity contribution in [3.63, 3.8) is 0 Å². The van der Waals surface area contributed by atoms with Gasteiger partial charge in [-0.25, -0.2) is 4.98 Å². The van der Waals surface area contributed by atoms with Gasteiger partial charge >= 0.3 is 0 Å². The highest BCUT2D eigenvalue weighted by molar-refractivity contribution is 5.77. The molecular weight excluding hydrogens is 192 g/mol. The first-order valence-corrected chi connectivity index (χ1v) is 4.82. The first kappa shape index (κ1) is 9.98. The lowest BCUT2D eigenvalue weighted by molar-refractivity contribution is 0.186. The van der Waals surface area contributed by atoms with Crippen molar-refractivity contribution in [1.29, 1.82) is 0 Å². The highest BCUT2D eigenvalue weighted by Crippen LogP contribution is 2.23. The van der Waals surface area contributed by atoms with Crippen molar-refractivity contribution >= 4 is 11.0 Å². The lowest BCUT2D eigenvalue weighted by Gasteiger charge is -2.03. The van der Waals surface area contributed by atoms with E-state index >= 15 is 0 Å². The molecule has 4 heteroatoms. The summed E-state index contributed by atoms with van der Waals surface area (Å²) >= 11 is 0. The van der Waals surface area contributed by atoms with Gasteiger partial charge in [0.05, 0.1) is 18.1 Å². The summed E-state index contributed by atoms with van der Waals surface area (Å²) in [6.45, 7) is 1.71. The fourth-order valence-corrected chi connectivity index (χ4v) is 1.70. The Hall–Kier alpha value is -1.55. The lowest BCUT2D eigenvalue weighted by atomic mass is 10.3. The molecule has 0 radical (unpaired) electrons. The summed E-state index contributed by atoms with van der Waals surface area (Å²) in [7, 11) is 3.52. The van der Waals surface area contributed by atoms with Crippen LogP contribution in [-0.4, -0.2) is 21.8 Å². The van der Waals surface area contributed by atoms with Crippen LogP contribution in [0.3, 0.4) is 0 Å². The number of benzene rings is 1. The van der Waals surface area contributed by atoms with Crippen LogP contribution in [0.15, 0.2) is 18.2 Å². The van der Waals surface area contributed by atoms with E-state index in [0.717, 1.165) is 16.8 Å². The van der Waals surface area contributed by atoms with Gasteiger partial charge in [0.15, 0.2) is 0 Å². The topological polar surface area (TPSA) is 47.3 Å². The van der Waals surface area contributed by atoms with Crippen LogP contribution in [0.2, 0.25) is 0 Å². The molecule has 1 atom stereocenters. The third-order valence-corrected chi connectivity index (χ3v) is 2.50. The van der Waals surface area contributed by atoms with Gasteiger partial charge in [-0.3, -0.25) is 0 Å². The number of aliphatic hydroxyl groups excluding tert-OH is 1. The number of aromatic nitrogens is 2. The van der Waals surface area contributed by atoms with Crippen LogP contribution < -0.4 is 4.74 Å². The van der Waals surface area contributed by atoms with Gasteiger partial charge in [0.25, 0.3) is 0 Å². The molecule has 1 unspecified atom stereocenters. The highest BCUT2D eigenvalue weighted by atomic mass is 16.5. The number of ether oxygens (including phenoxy) is 1. The van der Waals surface area contributed by atoms with E-state index in [2.05, 4.69) is 4.98 Å². The van der Waals surface area contributed by atoms with Crippen molar-refractivity contribution in [1.82, 2.24) is 9.55 Å². The average Bonchev–Trinajstić information content (AvgIpc) is 2.55. The van der Waals surface area contributed by atoms with Crippen LogP contribution in [0.4, 0.5) is 0 Å². The molecule has 0 spiro atoms. The van der Waals surface area contributed by atoms with Gasteiger partial charge in [-0.05, 0) is 19.1 Å². The first-order valence-electron chi connectivity index (χ1n) is 4.82. The Bertz CT molecular complexity index is 489. The van der Waals surface area contributed by atoms with E-state index in [0.29, 0.717) is 5.82 Å². The molecule has 15 heavy (non-hydrogen) atoms. The number of imidazole rings is 1. The Morgan fingerprint density at radius 2 is 2.20 bits per heavy atom. The van der Waals surface area contributed by atoms with E-state index in [-0.39, 0.29) is 0 Å². The normalized spacial score (nSPS) is 13.1. The number of aliphatic hydroxyl groups is 1. The maximum absolute atomic E-state index is 9.52. The van der Waals surface area contributed by atoms with E-state index < -0.39 is 6.10 Å². The quantitative estimate of drug-likeness (QED) is 0.812. The van der Waals surface area contributed by atoms with Gasteiger partial charge in [-0.1, -0.05) is 0 Å². The van der Waals surface area contributed by atoms with E-state index in [9.17, 15) is 5.11 Å². The molecule has 0 aliphatic carbocycles. The molecule has 0 saturated carbocycles. The van der Waals surface area contributed by atoms with Gasteiger partial charge in [0, 0.05) is 13.1 Å². The summed E-state index contributed by atoms with van der Waals surface area (Å²) in [5.41, 5.74) is 1.83. The SMILES string of the molecule is COc1ccc2c(c1)nc(C(C)O)n2C. The maximum Gasteiger partial charge on any atom is 0.138 e. The second-order valence-corrected chi connectivity index (χ2v) is 3.56. The largest absolute Gasteiger partial charge is 0.497 e. The zero-order valence-electron chi connectivity index (χ0n) is 9.06. The Morgan fingerprint density at radius 3 is 2.80 bits per heavy atom. The molecule has 1 N–H and O–H groups in total. The van der Waals surface area contributed by atoms with Gasteiger partial charge in [-0.2, -0.15) is 0 Å². The van der Waals surface area contributed by atoms with Crippen molar-refractivity contribution < 1.29 is 9.84 Å². The van der Waals surface area contributed by atoms with E-state index in [4.69, 9.17) is 4.74 Å². The minimum absolute atomic E-state index is 0.562. The Kier molecular flexibility index (Phi) is 2.36. The molecular formula is C11H14N2O2. The van der Waals surface area contributed by atoms with Crippen LogP contribution in [0.5, 0.6) is 5.75 Å². The fourth-order valence-electron chi connectivity index (χ4n) is 1.70. The summed E-state index contributed by atoms with van der Waals surface area (Å²) in [5.74, 6) is 1.44. The molecule has 0 aliphatic heterocycles. The van der Waals surface area contributed by atoms with Crippen LogP contribution >= 0.6 is 0 Å². The Labute approximate surface area is 88.1 Å². The number of hydrogen-bond acceptors (Lipinski definition) is 3. The molecule has 1 aromatic heterocycles. The summed E-state index contributed by atoms with van der Waals surface area (Å²) < 4.78 is 7.01. The predicted octanol–water partition coefficient (Wildman–Crippen LogP) is 1.64. The minimum atomic E-state index is -0.562. The molecule has 1 heterocycles. The molecule has 2 rings (SSSR count). The first-order chi connectivity index (χ1) is 7.13. The fraction of sp³-hybridized carbons (Fsp3) is 0.364. The summed E-state index contributed by atoms with van der Waals surface area (Å²) in [4.78, 5) is 4.35. The van der Waals surface area contributed by atoms with Crippen molar-refractivity contribution in [2.45, 2.75) is 13.0 Å². The van der Waals surface area contributed by atoms with E-state index in [1.54, 1.807) is 14.0 Å². The average molecular weight is 206 g/mol. The van der Waals surface area contributed by atoms with Crippen LogP contribution in [0.25, 0.3) is 11.0 Å². The van der Waals surface area contributed by atoms with Crippen LogP contribution in [0, 0.1) is 0 Å². The highest BCUT2D eigenvalue weighted by Gasteiger charge is 2.12. The summed E-state index contributed by atoms with van der Waals surface area (Å²) in [6, 6.07) is 5.68. The predicted molar refractivity (Wildman–Crippen MR) is 57.9 cm³/mol. The van der Waals surface area contributed by atoms with Gasteiger partial charge in [0.2, 0.25) is 0 Å². The summed E-state index contributed by atoms with van der Waals surface area (Å²) in [6.07, 6.45) is -0.562. The molecule has 2 aromatic rings. The van der Waals surface area contributed by atoms with Crippen molar-refractivity contribution in [2.75, 3.05) is 7.11 Å². The second-order valence-electron chi connectivity index (χ2n) is 3.56.